The summed E-state index contributed by atoms with van der Waals surface area (Å²) in [7, 11) is 1.45. The third-order valence-corrected chi connectivity index (χ3v) is 1.78. The van der Waals surface area contributed by atoms with E-state index in [-0.39, 0.29) is 23.3 Å². The summed E-state index contributed by atoms with van der Waals surface area (Å²) in [5.41, 5.74) is 5.62. The number of carbonyl (C=O) groups is 1. The van der Waals surface area contributed by atoms with Gasteiger partial charge in [-0.15, -0.1) is 0 Å². The molecule has 1 aromatic heterocycles. The quantitative estimate of drug-likeness (QED) is 0.711. The average Bonchev–Trinajstić information content (AvgIpc) is 2.25. The average molecular weight is 225 g/mol. The van der Waals surface area contributed by atoms with E-state index in [2.05, 4.69) is 22.5 Å². The van der Waals surface area contributed by atoms with Gasteiger partial charge in [0.25, 0.3) is 5.91 Å². The fraction of sp³-hybridized carbons (Fsp3) is 0.222. The summed E-state index contributed by atoms with van der Waals surface area (Å²) in [6.07, 6.45) is 1.54. The minimum absolute atomic E-state index is 0.159. The Kier molecular flexibility index (Phi) is 3.99. The number of thiocarbonyl (C=S) groups is 1. The summed E-state index contributed by atoms with van der Waals surface area (Å²) in [5, 5.41) is 2.55. The first kappa shape index (κ1) is 11.4. The van der Waals surface area contributed by atoms with Gasteiger partial charge in [-0.05, 0) is 12.1 Å². The first-order valence-electron chi connectivity index (χ1n) is 4.20. The third kappa shape index (κ3) is 3.17. The van der Waals surface area contributed by atoms with Crippen molar-refractivity contribution >= 4 is 23.1 Å². The summed E-state index contributed by atoms with van der Waals surface area (Å²) < 4.78 is 4.94. The molecule has 1 rings (SSSR count). The topological polar surface area (TPSA) is 77.2 Å². The standard InChI is InChI=1S/C9H11N3O2S/c1-14-9-6(3-2-4-11-9)8(13)12-5-7(10)15/h2-4H,5H2,1H3,(H2,10,15)(H,12,13). The molecule has 0 fully saturated rings. The van der Waals surface area contributed by atoms with Crippen molar-refractivity contribution in [3.05, 3.63) is 23.9 Å². The molecule has 1 amide bonds. The summed E-state index contributed by atoms with van der Waals surface area (Å²) in [6.45, 7) is 0.159. The second-order valence-corrected chi connectivity index (χ2v) is 3.23. The van der Waals surface area contributed by atoms with E-state index in [1.165, 1.54) is 7.11 Å². The Bertz CT molecular complexity index is 381. The van der Waals surface area contributed by atoms with E-state index in [1.807, 2.05) is 0 Å². The summed E-state index contributed by atoms with van der Waals surface area (Å²) >= 11 is 4.64. The maximum Gasteiger partial charge on any atom is 0.257 e. The van der Waals surface area contributed by atoms with E-state index < -0.39 is 0 Å². The largest absolute Gasteiger partial charge is 0.480 e. The Morgan fingerprint density at radius 1 is 1.73 bits per heavy atom. The van der Waals surface area contributed by atoms with Crippen molar-refractivity contribution in [3.63, 3.8) is 0 Å². The van der Waals surface area contributed by atoms with Crippen molar-refractivity contribution in [1.29, 1.82) is 0 Å². The zero-order valence-electron chi connectivity index (χ0n) is 8.19. The van der Waals surface area contributed by atoms with Crippen molar-refractivity contribution in [2.45, 2.75) is 0 Å². The van der Waals surface area contributed by atoms with Crippen LogP contribution in [0, 0.1) is 0 Å². The molecule has 0 atom stereocenters. The summed E-state index contributed by atoms with van der Waals surface area (Å²) in [5.74, 6) is -0.0364. The molecule has 0 unspecified atom stereocenters. The number of ether oxygens (including phenoxy) is 1. The highest BCUT2D eigenvalue weighted by molar-refractivity contribution is 7.80. The highest BCUT2D eigenvalue weighted by Crippen LogP contribution is 2.12. The maximum absolute atomic E-state index is 11.6. The molecule has 5 nitrogen and oxygen atoms in total. The number of methoxy groups -OCH3 is 1. The number of nitrogens with zero attached hydrogens (tertiary/aromatic N) is 1. The van der Waals surface area contributed by atoms with Crippen LogP contribution in [0.2, 0.25) is 0 Å². The molecule has 0 spiro atoms. The molecule has 0 aliphatic carbocycles. The van der Waals surface area contributed by atoms with Gasteiger partial charge in [-0.2, -0.15) is 0 Å². The zero-order chi connectivity index (χ0) is 11.3. The fourth-order valence-electron chi connectivity index (χ4n) is 0.989. The molecule has 80 valence electrons. The molecule has 1 heterocycles. The van der Waals surface area contributed by atoms with Gasteiger partial charge in [0.1, 0.15) is 5.56 Å². The third-order valence-electron chi connectivity index (χ3n) is 1.63. The lowest BCUT2D eigenvalue weighted by Gasteiger charge is -2.06. The van der Waals surface area contributed by atoms with Gasteiger partial charge in [0.2, 0.25) is 5.88 Å². The van der Waals surface area contributed by atoms with Crippen molar-refractivity contribution in [2.24, 2.45) is 5.73 Å². The van der Waals surface area contributed by atoms with Gasteiger partial charge in [0.15, 0.2) is 0 Å². The second-order valence-electron chi connectivity index (χ2n) is 2.71. The van der Waals surface area contributed by atoms with Crippen LogP contribution in [-0.2, 0) is 0 Å². The highest BCUT2D eigenvalue weighted by Gasteiger charge is 2.11. The van der Waals surface area contributed by atoms with E-state index in [1.54, 1.807) is 18.3 Å². The molecular formula is C9H11N3O2S. The summed E-state index contributed by atoms with van der Waals surface area (Å²) in [4.78, 5) is 15.7. The van der Waals surface area contributed by atoms with Crippen LogP contribution in [0.1, 0.15) is 10.4 Å². The Labute approximate surface area is 92.6 Å². The first-order chi connectivity index (χ1) is 7.15. The smallest absolute Gasteiger partial charge is 0.257 e. The fourth-order valence-corrected chi connectivity index (χ4v) is 1.06. The molecule has 6 heteroatoms. The van der Waals surface area contributed by atoms with Crippen LogP contribution in [0.25, 0.3) is 0 Å². The predicted molar refractivity (Wildman–Crippen MR) is 59.9 cm³/mol. The molecule has 1 aromatic rings. The molecule has 15 heavy (non-hydrogen) atoms. The van der Waals surface area contributed by atoms with E-state index in [9.17, 15) is 4.79 Å². The van der Waals surface area contributed by atoms with Crippen molar-refractivity contribution in [2.75, 3.05) is 13.7 Å². The molecule has 0 aliphatic heterocycles. The number of rotatable bonds is 4. The SMILES string of the molecule is COc1ncccc1C(=O)NCC(N)=S. The number of aromatic nitrogens is 1. The maximum atomic E-state index is 11.6. The molecule has 0 saturated heterocycles. The lowest BCUT2D eigenvalue weighted by molar-refractivity contribution is 0.0955. The number of amides is 1. The zero-order valence-corrected chi connectivity index (χ0v) is 9.00. The van der Waals surface area contributed by atoms with Gasteiger partial charge >= 0.3 is 0 Å². The van der Waals surface area contributed by atoms with Gasteiger partial charge in [-0.1, -0.05) is 12.2 Å². The van der Waals surface area contributed by atoms with Crippen LogP contribution in [0.3, 0.4) is 0 Å². The number of carbonyl (C=O) groups excluding carboxylic acids is 1. The Hall–Kier alpha value is -1.69. The minimum Gasteiger partial charge on any atom is -0.480 e. The molecule has 0 aliphatic rings. The van der Waals surface area contributed by atoms with Gasteiger partial charge in [0.05, 0.1) is 18.6 Å². The Morgan fingerprint density at radius 3 is 3.07 bits per heavy atom. The van der Waals surface area contributed by atoms with Gasteiger partial charge < -0.3 is 15.8 Å². The lowest BCUT2D eigenvalue weighted by atomic mass is 10.2. The van der Waals surface area contributed by atoms with Gasteiger partial charge in [-0.25, -0.2) is 4.98 Å². The van der Waals surface area contributed by atoms with E-state index in [4.69, 9.17) is 10.5 Å². The lowest BCUT2D eigenvalue weighted by Crippen LogP contribution is -2.32. The minimum atomic E-state index is -0.312. The molecule has 0 radical (unpaired) electrons. The van der Waals surface area contributed by atoms with Crippen molar-refractivity contribution < 1.29 is 9.53 Å². The van der Waals surface area contributed by atoms with Crippen LogP contribution in [0.5, 0.6) is 5.88 Å². The van der Waals surface area contributed by atoms with Crippen LogP contribution < -0.4 is 15.8 Å². The number of nitrogens with two attached hydrogens (primary N) is 1. The monoisotopic (exact) mass is 225 g/mol. The number of hydrogen-bond acceptors (Lipinski definition) is 4. The number of hydrogen-bond donors (Lipinski definition) is 2. The van der Waals surface area contributed by atoms with Crippen LogP contribution in [0.15, 0.2) is 18.3 Å². The summed E-state index contributed by atoms with van der Waals surface area (Å²) in [6, 6.07) is 3.26. The number of pyridine rings is 1. The molecule has 0 saturated carbocycles. The molecule has 0 aromatic carbocycles. The first-order valence-corrected chi connectivity index (χ1v) is 4.61. The molecular weight excluding hydrogens is 214 g/mol. The van der Waals surface area contributed by atoms with E-state index >= 15 is 0 Å². The normalized spacial score (nSPS) is 9.40. The Balaban J connectivity index is 2.77. The van der Waals surface area contributed by atoms with Crippen molar-refractivity contribution in [3.8, 4) is 5.88 Å². The molecule has 3 N–H and O–H groups in total. The van der Waals surface area contributed by atoms with Gasteiger partial charge in [-0.3, -0.25) is 4.79 Å². The van der Waals surface area contributed by atoms with Crippen LogP contribution >= 0.6 is 12.2 Å². The second kappa shape index (κ2) is 5.26. The van der Waals surface area contributed by atoms with Crippen molar-refractivity contribution in [1.82, 2.24) is 10.3 Å². The Morgan fingerprint density at radius 2 is 2.47 bits per heavy atom. The highest BCUT2D eigenvalue weighted by atomic mass is 32.1. The van der Waals surface area contributed by atoms with Gasteiger partial charge in [0, 0.05) is 6.20 Å². The van der Waals surface area contributed by atoms with E-state index in [0.29, 0.717) is 5.56 Å². The predicted octanol–water partition coefficient (Wildman–Crippen LogP) is 0.106. The van der Waals surface area contributed by atoms with Crippen LogP contribution in [0.4, 0.5) is 0 Å². The van der Waals surface area contributed by atoms with Crippen LogP contribution in [-0.4, -0.2) is 29.5 Å². The molecule has 0 bridgehead atoms. The number of nitrogens with one attached hydrogen (secondary N) is 1. The van der Waals surface area contributed by atoms with E-state index in [0.717, 1.165) is 0 Å².